The predicted octanol–water partition coefficient (Wildman–Crippen LogP) is 4.17. The molecule has 7 nitrogen and oxygen atoms in total. The summed E-state index contributed by atoms with van der Waals surface area (Å²) < 4.78 is 46.0. The maximum absolute atomic E-state index is 13.1. The number of nitrogens with zero attached hydrogens (tertiary/aromatic N) is 3. The number of carbonyl (C=O) groups excluding carboxylic acids is 2. The molecule has 4 rings (SSSR count). The van der Waals surface area contributed by atoms with E-state index in [9.17, 15) is 22.8 Å². The van der Waals surface area contributed by atoms with E-state index >= 15 is 0 Å². The molecule has 3 aromatic rings. The number of nitrogens with one attached hydrogen (secondary N) is 1. The minimum absolute atomic E-state index is 0.0445. The first-order valence-electron chi connectivity index (χ1n) is 11.0. The molecule has 35 heavy (non-hydrogen) atoms. The lowest BCUT2D eigenvalue weighted by atomic mass is 9.98. The van der Waals surface area contributed by atoms with Crippen molar-refractivity contribution in [3.8, 4) is 0 Å². The van der Waals surface area contributed by atoms with Crippen LogP contribution in [0, 0.1) is 12.8 Å². The van der Waals surface area contributed by atoms with E-state index in [1.54, 1.807) is 23.9 Å². The van der Waals surface area contributed by atoms with E-state index in [1.165, 1.54) is 11.0 Å². The van der Waals surface area contributed by atoms with Crippen LogP contribution in [0.5, 0.6) is 0 Å². The summed E-state index contributed by atoms with van der Waals surface area (Å²) in [5, 5.41) is 7.80. The van der Waals surface area contributed by atoms with Crippen molar-refractivity contribution in [3.05, 3.63) is 63.8 Å². The molecule has 186 valence electrons. The standard InChI is InChI=1S/C24H24ClF3N4O3/c1-14-17(22(33)29-7-8-35-2)4-6-21-18(14)13-32(30-21)12-15-10-31(11-15)23(34)16-3-5-20(25)19(9-16)24(26,27)28/h3-6,9,13,15H,7-8,10-12H2,1-2H3,(H,29,33). The SMILES string of the molecule is COCCNC(=O)c1ccc2nn(CC3CN(C(=O)c4ccc(Cl)c(C(F)(F)F)c4)C3)cc2c1C. The largest absolute Gasteiger partial charge is 0.417 e. The summed E-state index contributed by atoms with van der Waals surface area (Å²) in [6, 6.07) is 6.73. The van der Waals surface area contributed by atoms with Gasteiger partial charge in [0.05, 0.1) is 22.7 Å². The number of amides is 2. The second kappa shape index (κ2) is 9.87. The molecular weight excluding hydrogens is 485 g/mol. The molecule has 0 radical (unpaired) electrons. The van der Waals surface area contributed by atoms with Crippen molar-refractivity contribution in [1.29, 1.82) is 0 Å². The summed E-state index contributed by atoms with van der Waals surface area (Å²) in [5.74, 6) is -0.535. The fourth-order valence-electron chi connectivity index (χ4n) is 4.16. The first kappa shape index (κ1) is 25.0. The van der Waals surface area contributed by atoms with Crippen LogP contribution in [0.2, 0.25) is 5.02 Å². The first-order chi connectivity index (χ1) is 16.6. The van der Waals surface area contributed by atoms with E-state index in [4.69, 9.17) is 16.3 Å². The maximum atomic E-state index is 13.1. The zero-order valence-electron chi connectivity index (χ0n) is 19.2. The van der Waals surface area contributed by atoms with Gasteiger partial charge >= 0.3 is 6.18 Å². The van der Waals surface area contributed by atoms with Gasteiger partial charge in [-0.25, -0.2) is 0 Å². The zero-order chi connectivity index (χ0) is 25.3. The van der Waals surface area contributed by atoms with Gasteiger partial charge in [-0.1, -0.05) is 11.6 Å². The first-order valence-corrected chi connectivity index (χ1v) is 11.4. The van der Waals surface area contributed by atoms with Gasteiger partial charge in [0.25, 0.3) is 11.8 Å². The van der Waals surface area contributed by atoms with Crippen molar-refractivity contribution in [2.45, 2.75) is 19.6 Å². The molecule has 0 bridgehead atoms. The molecule has 0 spiro atoms. The molecule has 1 aliphatic heterocycles. The number of hydrogen-bond acceptors (Lipinski definition) is 4. The minimum atomic E-state index is -4.63. The molecule has 1 N–H and O–H groups in total. The van der Waals surface area contributed by atoms with Crippen molar-refractivity contribution >= 4 is 34.3 Å². The third-order valence-electron chi connectivity index (χ3n) is 6.05. The number of likely N-dealkylation sites (tertiary alicyclic amines) is 1. The lowest BCUT2D eigenvalue weighted by Crippen LogP contribution is -2.51. The Balaban J connectivity index is 1.40. The Hall–Kier alpha value is -3.11. The van der Waals surface area contributed by atoms with Crippen LogP contribution < -0.4 is 5.32 Å². The summed E-state index contributed by atoms with van der Waals surface area (Å²) in [6.45, 7) is 4.06. The van der Waals surface area contributed by atoms with Gasteiger partial charge < -0.3 is 15.0 Å². The zero-order valence-corrected chi connectivity index (χ0v) is 19.9. The van der Waals surface area contributed by atoms with Gasteiger partial charge in [0.1, 0.15) is 0 Å². The Bertz CT molecular complexity index is 1270. The molecule has 2 heterocycles. The fraction of sp³-hybridized carbons (Fsp3) is 0.375. The van der Waals surface area contributed by atoms with E-state index in [1.807, 2.05) is 13.1 Å². The smallest absolute Gasteiger partial charge is 0.383 e. The van der Waals surface area contributed by atoms with Gasteiger partial charge in [0.2, 0.25) is 0 Å². The van der Waals surface area contributed by atoms with Gasteiger partial charge in [0.15, 0.2) is 0 Å². The van der Waals surface area contributed by atoms with E-state index in [2.05, 4.69) is 10.4 Å². The van der Waals surface area contributed by atoms with Crippen LogP contribution >= 0.6 is 11.6 Å². The van der Waals surface area contributed by atoms with E-state index in [0.29, 0.717) is 38.3 Å². The number of carbonyl (C=O) groups is 2. The van der Waals surface area contributed by atoms with Crippen LogP contribution in [-0.2, 0) is 17.5 Å². The normalized spacial score (nSPS) is 14.3. The summed E-state index contributed by atoms with van der Waals surface area (Å²) in [6.07, 6.45) is -2.76. The van der Waals surface area contributed by atoms with Gasteiger partial charge in [-0.05, 0) is 42.8 Å². The second-order valence-electron chi connectivity index (χ2n) is 8.54. The number of ether oxygens (including phenoxy) is 1. The highest BCUT2D eigenvalue weighted by Gasteiger charge is 2.36. The van der Waals surface area contributed by atoms with Crippen molar-refractivity contribution < 1.29 is 27.5 Å². The number of rotatable bonds is 7. The highest BCUT2D eigenvalue weighted by molar-refractivity contribution is 6.31. The summed E-state index contributed by atoms with van der Waals surface area (Å²) in [5.41, 5.74) is 1.07. The van der Waals surface area contributed by atoms with Crippen LogP contribution in [0.4, 0.5) is 13.2 Å². The van der Waals surface area contributed by atoms with E-state index in [-0.39, 0.29) is 17.4 Å². The molecule has 2 amide bonds. The third kappa shape index (κ3) is 5.28. The lowest BCUT2D eigenvalue weighted by molar-refractivity contribution is -0.137. The van der Waals surface area contributed by atoms with Gasteiger partial charge in [-0.15, -0.1) is 0 Å². The molecule has 0 unspecified atom stereocenters. The predicted molar refractivity (Wildman–Crippen MR) is 125 cm³/mol. The highest BCUT2D eigenvalue weighted by Crippen LogP contribution is 2.35. The Morgan fingerprint density at radius 2 is 1.97 bits per heavy atom. The summed E-state index contributed by atoms with van der Waals surface area (Å²) in [7, 11) is 1.57. The number of fused-ring (bicyclic) bond motifs is 1. The van der Waals surface area contributed by atoms with Gasteiger partial charge in [-0.3, -0.25) is 14.3 Å². The monoisotopic (exact) mass is 508 g/mol. The van der Waals surface area contributed by atoms with Crippen molar-refractivity contribution in [2.75, 3.05) is 33.4 Å². The number of aromatic nitrogens is 2. The van der Waals surface area contributed by atoms with Crippen molar-refractivity contribution in [3.63, 3.8) is 0 Å². The molecule has 1 aromatic heterocycles. The Morgan fingerprint density at radius 3 is 2.66 bits per heavy atom. The topological polar surface area (TPSA) is 76.5 Å². The maximum Gasteiger partial charge on any atom is 0.417 e. The number of benzene rings is 2. The average Bonchev–Trinajstić information content (AvgIpc) is 3.19. The fourth-order valence-corrected chi connectivity index (χ4v) is 4.38. The van der Waals surface area contributed by atoms with Crippen LogP contribution in [0.15, 0.2) is 36.5 Å². The number of alkyl halides is 3. The molecule has 1 fully saturated rings. The lowest BCUT2D eigenvalue weighted by Gasteiger charge is -2.39. The van der Waals surface area contributed by atoms with Crippen molar-refractivity contribution in [2.24, 2.45) is 5.92 Å². The molecule has 1 saturated heterocycles. The number of aryl methyl sites for hydroxylation is 1. The molecule has 2 aromatic carbocycles. The van der Waals surface area contributed by atoms with Gasteiger partial charge in [0, 0.05) is 61.9 Å². The Morgan fingerprint density at radius 1 is 1.23 bits per heavy atom. The van der Waals surface area contributed by atoms with Crippen LogP contribution in [0.25, 0.3) is 10.9 Å². The molecular formula is C24H24ClF3N4O3. The van der Waals surface area contributed by atoms with E-state index in [0.717, 1.165) is 28.6 Å². The molecule has 11 heteroatoms. The second-order valence-corrected chi connectivity index (χ2v) is 8.95. The van der Waals surface area contributed by atoms with Crippen molar-refractivity contribution in [1.82, 2.24) is 20.0 Å². The Labute approximate surface area is 204 Å². The quantitative estimate of drug-likeness (QED) is 0.486. The molecule has 0 aliphatic carbocycles. The number of methoxy groups -OCH3 is 1. The van der Waals surface area contributed by atoms with Crippen LogP contribution in [-0.4, -0.2) is 59.8 Å². The highest BCUT2D eigenvalue weighted by atomic mass is 35.5. The molecule has 1 aliphatic rings. The Kier molecular flexibility index (Phi) is 7.05. The third-order valence-corrected chi connectivity index (χ3v) is 6.38. The minimum Gasteiger partial charge on any atom is -0.383 e. The van der Waals surface area contributed by atoms with Gasteiger partial charge in [-0.2, -0.15) is 18.3 Å². The summed E-state index contributed by atoms with van der Waals surface area (Å²) in [4.78, 5) is 26.6. The molecule has 0 saturated carbocycles. The van der Waals surface area contributed by atoms with E-state index < -0.39 is 22.7 Å². The number of halogens is 4. The summed E-state index contributed by atoms with van der Waals surface area (Å²) >= 11 is 5.64. The van der Waals surface area contributed by atoms with Crippen LogP contribution in [0.3, 0.4) is 0 Å². The van der Waals surface area contributed by atoms with Crippen LogP contribution in [0.1, 0.15) is 31.8 Å². The molecule has 0 atom stereocenters. The number of hydrogen-bond donors (Lipinski definition) is 1. The average molecular weight is 509 g/mol.